The summed E-state index contributed by atoms with van der Waals surface area (Å²) in [6.07, 6.45) is 6.09. The van der Waals surface area contributed by atoms with Crippen molar-refractivity contribution in [3.63, 3.8) is 0 Å². The highest BCUT2D eigenvalue weighted by Gasteiger charge is 2.43. The van der Waals surface area contributed by atoms with Crippen LogP contribution in [0.4, 0.5) is 10.2 Å². The molecule has 4 aromatic heterocycles. The fourth-order valence-corrected chi connectivity index (χ4v) is 4.01. The average molecular weight is 428 g/mol. The van der Waals surface area contributed by atoms with Crippen LogP contribution in [0, 0.1) is 12.8 Å². The third-order valence-electron chi connectivity index (χ3n) is 5.93. The molecule has 1 N–H and O–H groups in total. The Balaban J connectivity index is 1.55. The Morgan fingerprint density at radius 1 is 1.25 bits per heavy atom. The van der Waals surface area contributed by atoms with Crippen LogP contribution in [0.15, 0.2) is 36.9 Å². The maximum absolute atomic E-state index is 13.2. The van der Waals surface area contributed by atoms with Crippen molar-refractivity contribution in [3.8, 4) is 11.1 Å². The second kappa shape index (κ2) is 7.96. The molecule has 1 saturated carbocycles. The maximum Gasteiger partial charge on any atom is 0.231 e. The number of rotatable bonds is 6. The van der Waals surface area contributed by atoms with E-state index in [-0.39, 0.29) is 18.1 Å². The van der Waals surface area contributed by atoms with Gasteiger partial charge in [-0.1, -0.05) is 19.8 Å². The Kier molecular flexibility index (Phi) is 5.11. The number of halogens is 1. The van der Waals surface area contributed by atoms with Crippen molar-refractivity contribution in [2.45, 2.75) is 45.1 Å². The molecule has 7 nitrogen and oxygen atoms in total. The third kappa shape index (κ3) is 3.61. The van der Waals surface area contributed by atoms with Crippen LogP contribution in [-0.4, -0.2) is 44.5 Å². The largest absolute Gasteiger partial charge is 0.310 e. The summed E-state index contributed by atoms with van der Waals surface area (Å²) >= 11 is 0. The zero-order chi connectivity index (χ0) is 22.4. The summed E-state index contributed by atoms with van der Waals surface area (Å²) in [6.45, 7) is 4.13. The molecular weight excluding hydrogens is 406 g/mol. The minimum atomic E-state index is -1.06. The van der Waals surface area contributed by atoms with Crippen LogP contribution in [0.5, 0.6) is 0 Å². The molecule has 1 aliphatic rings. The first-order valence-corrected chi connectivity index (χ1v) is 10.8. The van der Waals surface area contributed by atoms with E-state index in [2.05, 4.69) is 32.3 Å². The van der Waals surface area contributed by atoms with Gasteiger partial charge in [0.15, 0.2) is 5.65 Å². The topological polar surface area (TPSA) is 85.1 Å². The lowest BCUT2D eigenvalue weighted by Gasteiger charge is -2.14. The molecule has 3 unspecified atom stereocenters. The number of carbonyl (C=O) groups is 1. The summed E-state index contributed by atoms with van der Waals surface area (Å²) in [5.74, 6) is -0.652. The van der Waals surface area contributed by atoms with E-state index in [1.807, 2.05) is 25.3 Å². The van der Waals surface area contributed by atoms with Gasteiger partial charge in [0.1, 0.15) is 18.3 Å². The van der Waals surface area contributed by atoms with Crippen molar-refractivity contribution in [2.24, 2.45) is 5.92 Å². The zero-order valence-electron chi connectivity index (χ0n) is 17.9. The fraction of sp³-hybridized carbons (Fsp3) is 0.348. The molecule has 0 aliphatic heterocycles. The Morgan fingerprint density at radius 2 is 2.06 bits per heavy atom. The number of alkyl halides is 1. The molecule has 4 aromatic rings. The van der Waals surface area contributed by atoms with Crippen molar-refractivity contribution in [2.75, 3.05) is 5.32 Å². The van der Waals surface area contributed by atoms with Gasteiger partial charge < -0.3 is 5.32 Å². The summed E-state index contributed by atoms with van der Waals surface area (Å²) in [4.78, 5) is 25.5. The van der Waals surface area contributed by atoms with Crippen molar-refractivity contribution in [3.05, 3.63) is 48.2 Å². The summed E-state index contributed by atoms with van der Waals surface area (Å²) < 4.78 is 14.9. The minimum absolute atomic E-state index is 0.0846. The molecular formula is C23H22BFN6O. The Bertz CT molecular complexity index is 1340. The number of fused-ring (bicyclic) bond motifs is 3. The number of hydrogen-bond donors (Lipinski definition) is 1. The van der Waals surface area contributed by atoms with E-state index >= 15 is 0 Å². The van der Waals surface area contributed by atoms with E-state index in [1.54, 1.807) is 16.8 Å². The Labute approximate surface area is 185 Å². The lowest BCUT2D eigenvalue weighted by atomic mass is 9.80. The normalized spacial score (nSPS) is 18.7. The number of pyridine rings is 3. The number of carbonyl (C=O) groups excluding carboxylic acids is 1. The molecule has 4 heterocycles. The van der Waals surface area contributed by atoms with E-state index in [0.29, 0.717) is 11.5 Å². The van der Waals surface area contributed by atoms with Crippen LogP contribution < -0.4 is 5.32 Å². The summed E-state index contributed by atoms with van der Waals surface area (Å²) in [5, 5.41) is 7.90. The highest BCUT2D eigenvalue weighted by Crippen LogP contribution is 2.35. The molecule has 0 bridgehead atoms. The lowest BCUT2D eigenvalue weighted by Crippen LogP contribution is -2.16. The molecule has 0 aromatic carbocycles. The van der Waals surface area contributed by atoms with Gasteiger partial charge in [0, 0.05) is 40.7 Å². The highest BCUT2D eigenvalue weighted by molar-refractivity contribution is 6.12. The molecule has 1 amide bonds. The van der Waals surface area contributed by atoms with Crippen LogP contribution in [0.25, 0.3) is 27.7 Å². The molecule has 160 valence electrons. The van der Waals surface area contributed by atoms with Crippen LogP contribution in [0.2, 0.25) is 0 Å². The number of aryl methyl sites for hydroxylation is 1. The van der Waals surface area contributed by atoms with E-state index in [1.165, 1.54) is 6.33 Å². The van der Waals surface area contributed by atoms with Crippen LogP contribution >= 0.6 is 0 Å². The van der Waals surface area contributed by atoms with Gasteiger partial charge >= 0.3 is 0 Å². The van der Waals surface area contributed by atoms with Crippen LogP contribution in [0.1, 0.15) is 43.3 Å². The van der Waals surface area contributed by atoms with Crippen molar-refractivity contribution < 1.29 is 9.18 Å². The number of aromatic nitrogens is 5. The molecule has 1 fully saturated rings. The maximum atomic E-state index is 13.2. The molecule has 3 atom stereocenters. The molecule has 2 radical (unpaired) electrons. The average Bonchev–Trinajstić information content (AvgIpc) is 3.30. The zero-order valence-corrected chi connectivity index (χ0v) is 17.9. The summed E-state index contributed by atoms with van der Waals surface area (Å²) in [5.41, 5.74) is 5.16. The first kappa shape index (κ1) is 20.5. The van der Waals surface area contributed by atoms with E-state index in [0.717, 1.165) is 46.1 Å². The van der Waals surface area contributed by atoms with Crippen molar-refractivity contribution >= 4 is 36.1 Å². The summed E-state index contributed by atoms with van der Waals surface area (Å²) in [6, 6.07) is 5.75. The molecule has 0 saturated heterocycles. The first-order valence-electron chi connectivity index (χ1n) is 10.8. The Hall–Kier alpha value is -3.36. The van der Waals surface area contributed by atoms with Crippen LogP contribution in [-0.2, 0) is 4.79 Å². The van der Waals surface area contributed by atoms with Crippen molar-refractivity contribution in [1.29, 1.82) is 0 Å². The standard InChI is InChI=1S/C23H22BFN6O/c1-3-4-17(24)19-5-12(2)16(10-26-19)14-6-13-9-27-21(30-23(32)15-7-18(15)25)8-20(13)31-22(14)28-11-29-31/h5-6,8-11,15,17-18H,3-4,7H2,1-2H3,(H,27,30,32). The first-order chi connectivity index (χ1) is 15.5. The lowest BCUT2D eigenvalue weighted by molar-refractivity contribution is -0.117. The third-order valence-corrected chi connectivity index (χ3v) is 5.93. The van der Waals surface area contributed by atoms with Gasteiger partial charge in [-0.25, -0.2) is 18.9 Å². The quantitative estimate of drug-likeness (QED) is 0.470. The van der Waals surface area contributed by atoms with E-state index < -0.39 is 12.1 Å². The molecule has 9 heteroatoms. The minimum Gasteiger partial charge on any atom is -0.310 e. The summed E-state index contributed by atoms with van der Waals surface area (Å²) in [7, 11) is 6.24. The number of amides is 1. The fourth-order valence-electron chi connectivity index (χ4n) is 4.01. The molecule has 0 spiro atoms. The number of hydrogen-bond acceptors (Lipinski definition) is 5. The van der Waals surface area contributed by atoms with E-state index in [9.17, 15) is 9.18 Å². The van der Waals surface area contributed by atoms with E-state index in [4.69, 9.17) is 7.85 Å². The molecule has 32 heavy (non-hydrogen) atoms. The van der Waals surface area contributed by atoms with Gasteiger partial charge in [-0.15, -0.1) is 0 Å². The van der Waals surface area contributed by atoms with Crippen molar-refractivity contribution in [1.82, 2.24) is 24.6 Å². The van der Waals surface area contributed by atoms with Gasteiger partial charge in [0.05, 0.1) is 19.3 Å². The van der Waals surface area contributed by atoms with Gasteiger partial charge in [0.25, 0.3) is 0 Å². The smallest absolute Gasteiger partial charge is 0.231 e. The number of anilines is 1. The van der Waals surface area contributed by atoms with Crippen LogP contribution in [0.3, 0.4) is 0 Å². The predicted molar refractivity (Wildman–Crippen MR) is 121 cm³/mol. The SMILES string of the molecule is [B]C(CCC)c1cc(C)c(-c2cc3cnc(NC(=O)C4CC4F)cc3n3ncnc23)cn1. The molecule has 5 rings (SSSR count). The number of nitrogens with zero attached hydrogens (tertiary/aromatic N) is 5. The van der Waals surface area contributed by atoms with Gasteiger partial charge in [-0.2, -0.15) is 5.10 Å². The second-order valence-corrected chi connectivity index (χ2v) is 8.35. The molecule has 1 aliphatic carbocycles. The van der Waals surface area contributed by atoms with Gasteiger partial charge in [0.2, 0.25) is 5.91 Å². The monoisotopic (exact) mass is 428 g/mol. The second-order valence-electron chi connectivity index (χ2n) is 8.35. The highest BCUT2D eigenvalue weighted by atomic mass is 19.1. The Morgan fingerprint density at radius 3 is 2.78 bits per heavy atom. The number of nitrogens with one attached hydrogen (secondary N) is 1. The predicted octanol–water partition coefficient (Wildman–Crippen LogP) is 3.95. The van der Waals surface area contributed by atoms with Gasteiger partial charge in [-0.05, 0) is 36.9 Å². The van der Waals surface area contributed by atoms with Gasteiger partial charge in [-0.3, -0.25) is 9.78 Å².